The highest BCUT2D eigenvalue weighted by atomic mass is 16.2. The Hall–Kier alpha value is -2.16. The summed E-state index contributed by atoms with van der Waals surface area (Å²) in [5.41, 5.74) is 4.49. The van der Waals surface area contributed by atoms with Crippen LogP contribution in [0, 0.1) is 6.92 Å². The van der Waals surface area contributed by atoms with E-state index in [9.17, 15) is 4.79 Å². The van der Waals surface area contributed by atoms with Crippen molar-refractivity contribution >= 4 is 5.91 Å². The second kappa shape index (κ2) is 5.24. The van der Waals surface area contributed by atoms with Crippen molar-refractivity contribution in [3.8, 4) is 0 Å². The van der Waals surface area contributed by atoms with Crippen molar-refractivity contribution in [1.82, 2.24) is 9.88 Å². The van der Waals surface area contributed by atoms with E-state index in [0.29, 0.717) is 6.04 Å². The highest BCUT2D eigenvalue weighted by Gasteiger charge is 2.40. The molecule has 0 radical (unpaired) electrons. The molecule has 0 bridgehead atoms. The second-order valence-electron chi connectivity index (χ2n) is 6.45. The van der Waals surface area contributed by atoms with Crippen LogP contribution >= 0.6 is 0 Å². The Morgan fingerprint density at radius 3 is 2.77 bits per heavy atom. The van der Waals surface area contributed by atoms with Gasteiger partial charge in [0.2, 0.25) is 0 Å². The van der Waals surface area contributed by atoms with Gasteiger partial charge >= 0.3 is 0 Å². The first-order chi connectivity index (χ1) is 10.7. The quantitative estimate of drug-likeness (QED) is 0.864. The molecule has 3 nitrogen and oxygen atoms in total. The lowest BCUT2D eigenvalue weighted by Gasteiger charge is -2.30. The fourth-order valence-corrected chi connectivity index (χ4v) is 3.56. The molecule has 1 atom stereocenters. The Kier molecular flexibility index (Phi) is 3.21. The van der Waals surface area contributed by atoms with Gasteiger partial charge in [-0.1, -0.05) is 24.3 Å². The smallest absolute Gasteiger partial charge is 0.256 e. The number of aromatic nitrogens is 1. The summed E-state index contributed by atoms with van der Waals surface area (Å²) in [6.07, 6.45) is 7.87. The summed E-state index contributed by atoms with van der Waals surface area (Å²) in [4.78, 5) is 19.4. The van der Waals surface area contributed by atoms with Gasteiger partial charge in [-0.15, -0.1) is 0 Å². The van der Waals surface area contributed by atoms with Gasteiger partial charge in [-0.2, -0.15) is 0 Å². The van der Waals surface area contributed by atoms with E-state index in [4.69, 9.17) is 0 Å². The number of carbonyl (C=O) groups is 1. The first-order valence-corrected chi connectivity index (χ1v) is 8.06. The van der Waals surface area contributed by atoms with E-state index >= 15 is 0 Å². The largest absolute Gasteiger partial charge is 0.329 e. The average molecular weight is 292 g/mol. The number of benzene rings is 1. The zero-order chi connectivity index (χ0) is 15.1. The lowest BCUT2D eigenvalue weighted by molar-refractivity contribution is 0.0657. The fraction of sp³-hybridized carbons (Fsp3) is 0.368. The van der Waals surface area contributed by atoms with Crippen molar-refractivity contribution in [2.75, 3.05) is 0 Å². The monoisotopic (exact) mass is 292 g/mol. The third-order valence-electron chi connectivity index (χ3n) is 4.73. The number of fused-ring (bicyclic) bond motifs is 1. The fourth-order valence-electron chi connectivity index (χ4n) is 3.56. The summed E-state index contributed by atoms with van der Waals surface area (Å²) in [7, 11) is 0. The molecule has 1 fully saturated rings. The molecule has 2 aromatic rings. The van der Waals surface area contributed by atoms with Crippen LogP contribution in [-0.2, 0) is 6.42 Å². The number of pyridine rings is 1. The second-order valence-corrected chi connectivity index (χ2v) is 6.45. The van der Waals surface area contributed by atoms with Crippen molar-refractivity contribution in [2.45, 2.75) is 44.7 Å². The number of hydrogen-bond acceptors (Lipinski definition) is 2. The zero-order valence-corrected chi connectivity index (χ0v) is 12.8. The van der Waals surface area contributed by atoms with E-state index in [2.05, 4.69) is 34.1 Å². The molecular weight excluding hydrogens is 272 g/mol. The highest BCUT2D eigenvalue weighted by Crippen LogP contribution is 2.42. The molecule has 2 aliphatic rings. The molecule has 0 spiro atoms. The van der Waals surface area contributed by atoms with Crippen molar-refractivity contribution in [1.29, 1.82) is 0 Å². The van der Waals surface area contributed by atoms with Crippen LogP contribution in [0.2, 0.25) is 0 Å². The summed E-state index contributed by atoms with van der Waals surface area (Å²) in [5.74, 6) is 0.139. The van der Waals surface area contributed by atoms with Gasteiger partial charge in [-0.25, -0.2) is 0 Å². The minimum atomic E-state index is 0.139. The van der Waals surface area contributed by atoms with Gasteiger partial charge in [0.15, 0.2) is 0 Å². The van der Waals surface area contributed by atoms with Gasteiger partial charge in [0.1, 0.15) is 0 Å². The number of rotatable bonds is 3. The molecular formula is C19H20N2O. The van der Waals surface area contributed by atoms with Gasteiger partial charge < -0.3 is 4.90 Å². The molecule has 1 unspecified atom stereocenters. The van der Waals surface area contributed by atoms with Crippen LogP contribution in [0.25, 0.3) is 0 Å². The Bertz CT molecular complexity index is 721. The Labute approximate surface area is 131 Å². The molecule has 0 N–H and O–H groups in total. The van der Waals surface area contributed by atoms with Crippen molar-refractivity contribution in [3.05, 3.63) is 65.0 Å². The Morgan fingerprint density at radius 2 is 2.00 bits per heavy atom. The van der Waals surface area contributed by atoms with Gasteiger partial charge in [0, 0.05) is 18.4 Å². The van der Waals surface area contributed by atoms with Crippen LogP contribution in [0.5, 0.6) is 0 Å². The van der Waals surface area contributed by atoms with E-state index in [1.807, 2.05) is 13.0 Å². The Morgan fingerprint density at radius 1 is 1.18 bits per heavy atom. The van der Waals surface area contributed by atoms with E-state index in [1.54, 1.807) is 12.4 Å². The maximum atomic E-state index is 13.1. The maximum absolute atomic E-state index is 13.1. The van der Waals surface area contributed by atoms with Crippen molar-refractivity contribution < 1.29 is 4.79 Å². The lowest BCUT2D eigenvalue weighted by atomic mass is 10.1. The van der Waals surface area contributed by atoms with Crippen molar-refractivity contribution in [2.24, 2.45) is 0 Å². The number of aryl methyl sites for hydroxylation is 2. The minimum Gasteiger partial charge on any atom is -0.329 e. The van der Waals surface area contributed by atoms with E-state index in [-0.39, 0.29) is 11.9 Å². The summed E-state index contributed by atoms with van der Waals surface area (Å²) in [5, 5.41) is 0. The molecule has 1 amide bonds. The lowest BCUT2D eigenvalue weighted by Crippen LogP contribution is -2.36. The van der Waals surface area contributed by atoms with Gasteiger partial charge in [0.05, 0.1) is 11.6 Å². The molecule has 0 aliphatic heterocycles. The number of nitrogens with zero attached hydrogens (tertiary/aromatic N) is 2. The highest BCUT2D eigenvalue weighted by molar-refractivity contribution is 5.94. The molecule has 1 aromatic heterocycles. The van der Waals surface area contributed by atoms with Crippen LogP contribution < -0.4 is 0 Å². The average Bonchev–Trinajstić information content (AvgIpc) is 3.28. The summed E-state index contributed by atoms with van der Waals surface area (Å²) in [6, 6.07) is 11.1. The molecule has 0 saturated heterocycles. The van der Waals surface area contributed by atoms with Crippen LogP contribution in [-0.4, -0.2) is 21.8 Å². The third-order valence-corrected chi connectivity index (χ3v) is 4.73. The molecule has 1 aromatic carbocycles. The number of carbonyl (C=O) groups excluding carboxylic acids is 1. The van der Waals surface area contributed by atoms with E-state index < -0.39 is 0 Å². The molecule has 1 saturated carbocycles. The predicted molar refractivity (Wildman–Crippen MR) is 85.7 cm³/mol. The first kappa shape index (κ1) is 13.5. The normalized spacial score (nSPS) is 19.8. The first-order valence-electron chi connectivity index (χ1n) is 8.06. The molecule has 2 aliphatic carbocycles. The predicted octanol–water partition coefficient (Wildman–Crippen LogP) is 3.68. The molecule has 22 heavy (non-hydrogen) atoms. The van der Waals surface area contributed by atoms with Crippen molar-refractivity contribution in [3.63, 3.8) is 0 Å². The van der Waals surface area contributed by atoms with Gasteiger partial charge in [-0.3, -0.25) is 9.78 Å². The van der Waals surface area contributed by atoms with Crippen LogP contribution in [0.1, 0.15) is 52.4 Å². The van der Waals surface area contributed by atoms with Gasteiger partial charge in [0.25, 0.3) is 5.91 Å². The molecule has 1 heterocycles. The molecule has 4 rings (SSSR count). The van der Waals surface area contributed by atoms with E-state index in [0.717, 1.165) is 36.8 Å². The number of hydrogen-bond donors (Lipinski definition) is 0. The van der Waals surface area contributed by atoms with E-state index in [1.165, 1.54) is 11.1 Å². The zero-order valence-electron chi connectivity index (χ0n) is 12.8. The molecule has 112 valence electrons. The van der Waals surface area contributed by atoms with Crippen LogP contribution in [0.4, 0.5) is 0 Å². The molecule has 3 heteroatoms. The number of amides is 1. The summed E-state index contributed by atoms with van der Waals surface area (Å²) >= 11 is 0. The summed E-state index contributed by atoms with van der Waals surface area (Å²) < 4.78 is 0. The van der Waals surface area contributed by atoms with Crippen LogP contribution in [0.15, 0.2) is 42.7 Å². The maximum Gasteiger partial charge on any atom is 0.256 e. The van der Waals surface area contributed by atoms with Crippen LogP contribution in [0.3, 0.4) is 0 Å². The third kappa shape index (κ3) is 2.31. The standard InChI is InChI=1S/C19H20N2O/c1-13-10-15(12-20-11-13)19(22)21(16-7-8-16)18-9-6-14-4-2-3-5-17(14)18/h2-5,10-12,16,18H,6-9H2,1H3. The summed E-state index contributed by atoms with van der Waals surface area (Å²) in [6.45, 7) is 1.98. The van der Waals surface area contributed by atoms with Gasteiger partial charge in [-0.05, 0) is 55.4 Å². The minimum absolute atomic E-state index is 0.139. The Balaban J connectivity index is 1.69. The SMILES string of the molecule is Cc1cncc(C(=O)N(C2CC2)C2CCc3ccccc32)c1. The topological polar surface area (TPSA) is 33.2 Å².